The highest BCUT2D eigenvalue weighted by Crippen LogP contribution is 2.13. The number of carbonyl (C=O) groups is 1. The standard InChI is InChI=1S/C14H21FN2O/c1-9(2)8-13(16)14(18)17-10(3)11-4-6-12(15)7-5-11/h4-7,9-10,13H,8,16H2,1-3H3,(H,17,18). The molecule has 1 aromatic carbocycles. The van der Waals surface area contributed by atoms with Crippen molar-refractivity contribution in [3.8, 4) is 0 Å². The van der Waals surface area contributed by atoms with Crippen LogP contribution in [0.3, 0.4) is 0 Å². The fourth-order valence-electron chi connectivity index (χ4n) is 1.77. The topological polar surface area (TPSA) is 55.1 Å². The van der Waals surface area contributed by atoms with Gasteiger partial charge in [0, 0.05) is 0 Å². The summed E-state index contributed by atoms with van der Waals surface area (Å²) in [4.78, 5) is 11.8. The molecule has 1 aromatic rings. The van der Waals surface area contributed by atoms with E-state index < -0.39 is 6.04 Å². The number of nitrogens with one attached hydrogen (secondary N) is 1. The third-order valence-corrected chi connectivity index (χ3v) is 2.79. The molecule has 0 radical (unpaired) electrons. The number of nitrogens with two attached hydrogens (primary N) is 1. The van der Waals surface area contributed by atoms with E-state index in [0.29, 0.717) is 12.3 Å². The molecule has 0 fully saturated rings. The van der Waals surface area contributed by atoms with Gasteiger partial charge in [0.1, 0.15) is 5.82 Å². The second-order valence-electron chi connectivity index (χ2n) is 5.02. The Morgan fingerprint density at radius 3 is 2.33 bits per heavy atom. The zero-order chi connectivity index (χ0) is 13.7. The van der Waals surface area contributed by atoms with Gasteiger partial charge in [0.05, 0.1) is 12.1 Å². The van der Waals surface area contributed by atoms with Crippen LogP contribution in [0.2, 0.25) is 0 Å². The van der Waals surface area contributed by atoms with Gasteiger partial charge in [-0.25, -0.2) is 4.39 Å². The molecule has 2 atom stereocenters. The van der Waals surface area contributed by atoms with Crippen molar-refractivity contribution in [2.45, 2.75) is 39.3 Å². The van der Waals surface area contributed by atoms with Crippen LogP contribution >= 0.6 is 0 Å². The molecule has 18 heavy (non-hydrogen) atoms. The molecule has 0 aliphatic carbocycles. The maximum Gasteiger partial charge on any atom is 0.237 e. The maximum atomic E-state index is 12.8. The van der Waals surface area contributed by atoms with E-state index in [1.54, 1.807) is 12.1 Å². The van der Waals surface area contributed by atoms with Crippen molar-refractivity contribution < 1.29 is 9.18 Å². The number of amides is 1. The molecule has 3 N–H and O–H groups in total. The molecule has 0 saturated heterocycles. The van der Waals surface area contributed by atoms with E-state index in [4.69, 9.17) is 5.73 Å². The average Bonchev–Trinajstić information content (AvgIpc) is 2.28. The van der Waals surface area contributed by atoms with Crippen molar-refractivity contribution >= 4 is 5.91 Å². The van der Waals surface area contributed by atoms with Crippen LogP contribution in [0.25, 0.3) is 0 Å². The van der Waals surface area contributed by atoms with E-state index in [-0.39, 0.29) is 17.8 Å². The van der Waals surface area contributed by atoms with Crippen molar-refractivity contribution in [1.29, 1.82) is 0 Å². The van der Waals surface area contributed by atoms with E-state index in [1.807, 2.05) is 20.8 Å². The number of halogens is 1. The Hall–Kier alpha value is -1.42. The predicted molar refractivity (Wildman–Crippen MR) is 70.4 cm³/mol. The van der Waals surface area contributed by atoms with Gasteiger partial charge in [-0.2, -0.15) is 0 Å². The molecule has 3 nitrogen and oxygen atoms in total. The number of hydrogen-bond donors (Lipinski definition) is 2. The summed E-state index contributed by atoms with van der Waals surface area (Å²) < 4.78 is 12.8. The van der Waals surface area contributed by atoms with Gasteiger partial charge in [-0.1, -0.05) is 26.0 Å². The van der Waals surface area contributed by atoms with E-state index in [1.165, 1.54) is 12.1 Å². The van der Waals surface area contributed by atoms with E-state index in [2.05, 4.69) is 5.32 Å². The third kappa shape index (κ3) is 4.45. The minimum atomic E-state index is -0.493. The molecule has 0 heterocycles. The van der Waals surface area contributed by atoms with Crippen LogP contribution in [0.1, 0.15) is 38.8 Å². The van der Waals surface area contributed by atoms with Gasteiger partial charge >= 0.3 is 0 Å². The van der Waals surface area contributed by atoms with Crippen LogP contribution in [0.15, 0.2) is 24.3 Å². The summed E-state index contributed by atoms with van der Waals surface area (Å²) in [5.74, 6) is -0.0683. The van der Waals surface area contributed by atoms with Crippen LogP contribution < -0.4 is 11.1 Å². The summed E-state index contributed by atoms with van der Waals surface area (Å²) in [6.07, 6.45) is 0.655. The fourth-order valence-corrected chi connectivity index (χ4v) is 1.77. The summed E-state index contributed by atoms with van der Waals surface area (Å²) in [6.45, 7) is 5.90. The number of hydrogen-bond acceptors (Lipinski definition) is 2. The van der Waals surface area contributed by atoms with Gasteiger partial charge in [-0.05, 0) is 37.0 Å². The molecule has 4 heteroatoms. The highest BCUT2D eigenvalue weighted by molar-refractivity contribution is 5.81. The average molecular weight is 252 g/mol. The van der Waals surface area contributed by atoms with Crippen molar-refractivity contribution in [3.63, 3.8) is 0 Å². The van der Waals surface area contributed by atoms with Crippen LogP contribution in [-0.2, 0) is 4.79 Å². The van der Waals surface area contributed by atoms with Crippen LogP contribution in [0.5, 0.6) is 0 Å². The summed E-state index contributed by atoms with van der Waals surface area (Å²) in [6, 6.07) is 5.42. The number of rotatable bonds is 5. The largest absolute Gasteiger partial charge is 0.348 e. The van der Waals surface area contributed by atoms with Gasteiger partial charge in [-0.3, -0.25) is 4.79 Å². The first-order chi connectivity index (χ1) is 8.40. The second kappa shape index (κ2) is 6.50. The summed E-state index contributed by atoms with van der Waals surface area (Å²) in [7, 11) is 0. The van der Waals surface area contributed by atoms with Gasteiger partial charge in [0.15, 0.2) is 0 Å². The molecule has 100 valence electrons. The smallest absolute Gasteiger partial charge is 0.237 e. The Kier molecular flexibility index (Phi) is 5.28. The van der Waals surface area contributed by atoms with Gasteiger partial charge < -0.3 is 11.1 Å². The Balaban J connectivity index is 2.56. The van der Waals surface area contributed by atoms with Gasteiger partial charge in [-0.15, -0.1) is 0 Å². The lowest BCUT2D eigenvalue weighted by Crippen LogP contribution is -2.42. The molecule has 1 rings (SSSR count). The predicted octanol–water partition coefficient (Wildman–Crippen LogP) is 2.38. The zero-order valence-electron chi connectivity index (χ0n) is 11.1. The van der Waals surface area contributed by atoms with Crippen molar-refractivity contribution in [2.75, 3.05) is 0 Å². The quantitative estimate of drug-likeness (QED) is 0.845. The Morgan fingerprint density at radius 1 is 1.28 bits per heavy atom. The lowest BCUT2D eigenvalue weighted by Gasteiger charge is -2.19. The molecule has 0 aliphatic heterocycles. The van der Waals surface area contributed by atoms with Crippen LogP contribution in [-0.4, -0.2) is 11.9 Å². The SMILES string of the molecule is CC(C)CC(N)C(=O)NC(C)c1ccc(F)cc1. The van der Waals surface area contributed by atoms with Crippen molar-refractivity contribution in [2.24, 2.45) is 11.7 Å². The Labute approximate surface area is 108 Å². The minimum Gasteiger partial charge on any atom is -0.348 e. The van der Waals surface area contributed by atoms with Gasteiger partial charge in [0.2, 0.25) is 5.91 Å². The summed E-state index contributed by atoms with van der Waals surface area (Å²) in [5.41, 5.74) is 6.66. The van der Waals surface area contributed by atoms with Gasteiger partial charge in [0.25, 0.3) is 0 Å². The first-order valence-electron chi connectivity index (χ1n) is 6.21. The van der Waals surface area contributed by atoms with E-state index in [9.17, 15) is 9.18 Å². The molecule has 0 spiro atoms. The first-order valence-corrected chi connectivity index (χ1v) is 6.21. The highest BCUT2D eigenvalue weighted by atomic mass is 19.1. The monoisotopic (exact) mass is 252 g/mol. The molecule has 0 bridgehead atoms. The number of carbonyl (C=O) groups excluding carboxylic acids is 1. The second-order valence-corrected chi connectivity index (χ2v) is 5.02. The molecular weight excluding hydrogens is 231 g/mol. The summed E-state index contributed by atoms with van der Waals surface area (Å²) in [5, 5.41) is 2.83. The molecule has 0 aliphatic rings. The molecule has 1 amide bonds. The van der Waals surface area contributed by atoms with E-state index >= 15 is 0 Å². The molecule has 2 unspecified atom stereocenters. The molecule has 0 saturated carbocycles. The fraction of sp³-hybridized carbons (Fsp3) is 0.500. The highest BCUT2D eigenvalue weighted by Gasteiger charge is 2.17. The molecular formula is C14H21FN2O. The minimum absolute atomic E-state index is 0.166. The Bertz CT molecular complexity index is 389. The van der Waals surface area contributed by atoms with Crippen LogP contribution in [0.4, 0.5) is 4.39 Å². The normalized spacial score (nSPS) is 14.3. The summed E-state index contributed by atoms with van der Waals surface area (Å²) >= 11 is 0. The molecule has 0 aromatic heterocycles. The van der Waals surface area contributed by atoms with Crippen molar-refractivity contribution in [1.82, 2.24) is 5.32 Å². The zero-order valence-corrected chi connectivity index (χ0v) is 11.1. The first kappa shape index (κ1) is 14.6. The lowest BCUT2D eigenvalue weighted by molar-refractivity contribution is -0.123. The Morgan fingerprint density at radius 2 is 1.83 bits per heavy atom. The van der Waals surface area contributed by atoms with Crippen molar-refractivity contribution in [3.05, 3.63) is 35.6 Å². The van der Waals surface area contributed by atoms with Crippen LogP contribution in [0, 0.1) is 11.7 Å². The number of benzene rings is 1. The van der Waals surface area contributed by atoms with E-state index in [0.717, 1.165) is 5.56 Å². The third-order valence-electron chi connectivity index (χ3n) is 2.79. The lowest BCUT2D eigenvalue weighted by atomic mass is 10.0. The maximum absolute atomic E-state index is 12.8.